The van der Waals surface area contributed by atoms with Crippen molar-refractivity contribution in [2.45, 2.75) is 163 Å². The number of hydrogen-bond acceptors (Lipinski definition) is 17. The van der Waals surface area contributed by atoms with E-state index in [-0.39, 0.29) is 95.7 Å². The number of halogens is 2. The molecule has 0 aliphatic carbocycles. The van der Waals surface area contributed by atoms with Crippen LogP contribution in [0.25, 0.3) is 28.6 Å². The fraction of sp³-hybridized carbons (Fsp3) is 0.416. The van der Waals surface area contributed by atoms with E-state index in [1.807, 2.05) is 95.4 Å². The highest BCUT2D eigenvalue weighted by atomic mass is 32.2. The molecular formula is C77H104F2N6O13PS2Si2+. The topological polar surface area (TPSA) is 249 Å². The minimum atomic E-state index is -3.67. The Labute approximate surface area is 612 Å². The molecule has 0 saturated heterocycles. The average molecular weight is 1510 g/mol. The first-order valence-electron chi connectivity index (χ1n) is 33.4. The number of aromatic nitrogens is 4. The number of esters is 2. The molecule has 19 nitrogen and oxygen atoms in total. The Hall–Kier alpha value is -7.91. The number of methoxy groups -OCH3 is 2. The Morgan fingerprint density at radius 2 is 0.854 bits per heavy atom. The number of nitrogens with zero attached hydrogens (tertiary/aromatic N) is 6. The number of sulfonamides is 2. The molecule has 26 heteroatoms. The van der Waals surface area contributed by atoms with E-state index >= 15 is 0 Å². The molecule has 7 aromatic rings. The molecule has 0 aliphatic rings. The lowest BCUT2D eigenvalue weighted by molar-refractivity contribution is -0.144. The van der Waals surface area contributed by atoms with Gasteiger partial charge in [0, 0.05) is 43.6 Å². The molecule has 0 unspecified atom stereocenters. The third-order valence-corrected chi connectivity index (χ3v) is 33.8. The van der Waals surface area contributed by atoms with E-state index in [1.54, 1.807) is 6.08 Å². The van der Waals surface area contributed by atoms with Crippen molar-refractivity contribution in [3.8, 4) is 22.5 Å². The van der Waals surface area contributed by atoms with Gasteiger partial charge in [-0.2, -0.15) is 0 Å². The lowest BCUT2D eigenvalue weighted by Gasteiger charge is -2.39. The van der Waals surface area contributed by atoms with Crippen molar-refractivity contribution in [2.24, 2.45) is 0 Å². The van der Waals surface area contributed by atoms with Crippen LogP contribution in [0, 0.1) is 11.6 Å². The fourth-order valence-electron chi connectivity index (χ4n) is 10.2. The van der Waals surface area contributed by atoms with Crippen molar-refractivity contribution in [1.29, 1.82) is 0 Å². The van der Waals surface area contributed by atoms with Crippen LogP contribution in [0.1, 0.15) is 141 Å². The van der Waals surface area contributed by atoms with Gasteiger partial charge >= 0.3 is 11.9 Å². The second kappa shape index (κ2) is 37.2. The van der Waals surface area contributed by atoms with Crippen molar-refractivity contribution in [3.63, 3.8) is 0 Å². The molecule has 0 saturated carbocycles. The highest BCUT2D eigenvalue weighted by molar-refractivity contribution is 7.96. The number of ether oxygens (including phenoxy) is 2. The minimum absolute atomic E-state index is 0. The fourth-order valence-corrected chi connectivity index (χ4v) is 17.8. The van der Waals surface area contributed by atoms with Crippen LogP contribution < -0.4 is 24.5 Å². The number of anilines is 2. The molecule has 103 heavy (non-hydrogen) atoms. The van der Waals surface area contributed by atoms with E-state index in [0.29, 0.717) is 46.2 Å². The normalized spacial score (nSPS) is 12.8. The number of benzene rings is 5. The summed E-state index contributed by atoms with van der Waals surface area (Å²) in [6.45, 7) is 28.6. The van der Waals surface area contributed by atoms with E-state index in [9.17, 15) is 49.6 Å². The summed E-state index contributed by atoms with van der Waals surface area (Å²) < 4.78 is 99.7. The summed E-state index contributed by atoms with van der Waals surface area (Å²) in [6.07, 6.45) is 5.03. The maximum atomic E-state index is 14.0. The Kier molecular flexibility index (Phi) is 31.6. The third-order valence-electron chi connectivity index (χ3n) is 18.0. The Morgan fingerprint density at radius 3 is 1.17 bits per heavy atom. The lowest BCUT2D eigenvalue weighted by Crippen LogP contribution is -2.45. The maximum absolute atomic E-state index is 14.0. The smallest absolute Gasteiger partial charge is 0.308 e. The molecule has 0 bridgehead atoms. The second-order valence-electron chi connectivity index (χ2n) is 28.5. The number of Topliss-reactive ketones (excluding diaryl/α,β-unsaturated/α-hetero) is 1. The number of ketones is 2. The molecule has 2 atom stereocenters. The van der Waals surface area contributed by atoms with Gasteiger partial charge in [-0.15, -0.1) is 0 Å². The molecule has 0 radical (unpaired) electrons. The number of carbonyl (C=O) groups is 5. The number of carbonyl (C=O) groups excluding carboxylic acids is 5. The van der Waals surface area contributed by atoms with Crippen molar-refractivity contribution in [3.05, 3.63) is 180 Å². The molecule has 5 aromatic carbocycles. The highest BCUT2D eigenvalue weighted by Gasteiger charge is 2.48. The predicted molar refractivity (Wildman–Crippen MR) is 417 cm³/mol. The van der Waals surface area contributed by atoms with Crippen LogP contribution in [0.15, 0.2) is 146 Å². The zero-order chi connectivity index (χ0) is 76.5. The third kappa shape index (κ3) is 24.1. The maximum Gasteiger partial charge on any atom is 0.308 e. The molecule has 2 aromatic heterocycles. The Balaban J connectivity index is 0.000000336. The zero-order valence-corrected chi connectivity index (χ0v) is 66.9. The van der Waals surface area contributed by atoms with Crippen molar-refractivity contribution in [1.82, 2.24) is 19.9 Å². The minimum Gasteiger partial charge on any atom is -0.469 e. The summed E-state index contributed by atoms with van der Waals surface area (Å²) in [5, 5.41) is 3.32. The number of hydrogen-bond donors (Lipinski definition) is 0. The second-order valence-corrected chi connectivity index (χ2v) is 45.6. The summed E-state index contributed by atoms with van der Waals surface area (Å²) in [5.74, 6) is -2.24. The summed E-state index contributed by atoms with van der Waals surface area (Å²) in [4.78, 5) is 80.8. The van der Waals surface area contributed by atoms with Gasteiger partial charge in [0.25, 0.3) is 0 Å². The van der Waals surface area contributed by atoms with Crippen LogP contribution in [0.3, 0.4) is 0 Å². The van der Waals surface area contributed by atoms with Gasteiger partial charge in [-0.3, -0.25) is 24.0 Å². The summed E-state index contributed by atoms with van der Waals surface area (Å²) >= 11 is 0. The van der Waals surface area contributed by atoms with Crippen molar-refractivity contribution < 1.29 is 67.9 Å². The molecular weight excluding hydrogens is 1410 g/mol. The molecule has 2 heterocycles. The van der Waals surface area contributed by atoms with Gasteiger partial charge in [0.15, 0.2) is 34.5 Å². The standard InChI is InChI=1S/C31H40O4PSi.C29H42FN3O6SSi.C16H18FN3O3S.CH4/c1-31(2,3)37(5,6)35-26(23-30(33)34-4)22-25(32)24-36(27-16-10-7-11-17-27,28-18-12-8-13-19-28)29-20-14-9-15-21-29;1-19(2)26-24(16-15-22(34)17-23(18-25(35)38-7)39-41(9,10)29(3,4)5)27(20-11-13-21(30)14-12-20)32-28(31-26)33(6)40(8,36)37;1-10(2)14-13(9-21)15(11-5-7-12(17)8-6-11)19-16(18-14)20(3)24(4,22)23;/h7-21,26H,22-24H2,1-6H3;11-16,19,23H,17-18H2,1-10H3;5-10H,1-4H3;1H4/q+1;;;/b;16-15+;;/t26-;23-;;/m00../s1. The van der Waals surface area contributed by atoms with Crippen molar-refractivity contribution >= 4 is 108 Å². The van der Waals surface area contributed by atoms with Gasteiger partial charge < -0.3 is 18.3 Å². The average Bonchev–Trinajstić information content (AvgIpc) is 0.760. The quantitative estimate of drug-likeness (QED) is 0.0145. The van der Waals surface area contributed by atoms with Gasteiger partial charge in [-0.25, -0.2) is 54.2 Å². The van der Waals surface area contributed by atoms with E-state index in [4.69, 9.17) is 18.3 Å². The molecule has 0 spiro atoms. The summed E-state index contributed by atoms with van der Waals surface area (Å²) in [6, 6.07) is 42.2. The summed E-state index contributed by atoms with van der Waals surface area (Å²) in [5.41, 5.74) is 3.36. The molecule has 558 valence electrons. The lowest BCUT2D eigenvalue weighted by atomic mass is 9.97. The van der Waals surface area contributed by atoms with E-state index in [2.05, 4.69) is 111 Å². The molecule has 0 N–H and O–H groups in total. The first-order chi connectivity index (χ1) is 47.4. The number of rotatable bonds is 28. The van der Waals surface area contributed by atoms with E-state index in [0.717, 1.165) is 37.0 Å². The Bertz CT molecular complexity index is 4180. The Morgan fingerprint density at radius 1 is 0.524 bits per heavy atom. The van der Waals surface area contributed by atoms with Crippen LogP contribution in [-0.4, -0.2) is 142 Å². The van der Waals surface area contributed by atoms with E-state index < -0.39 is 73.8 Å². The highest BCUT2D eigenvalue weighted by Crippen LogP contribution is 2.55. The molecule has 0 amide bonds. The van der Waals surface area contributed by atoms with Gasteiger partial charge in [0.05, 0.1) is 80.1 Å². The molecule has 7 rings (SSSR count). The molecule has 0 fully saturated rings. The predicted octanol–water partition coefficient (Wildman–Crippen LogP) is 14.9. The van der Waals surface area contributed by atoms with Gasteiger partial charge in [-0.1, -0.05) is 131 Å². The SMILES string of the molecule is C.CC(C)c1nc(N(C)S(C)(=O)=O)nc(-c2ccc(F)cc2)c1C=O.COC(=O)C[C@H](CC(=O)/C=C/c1c(-c2ccc(F)cc2)nc(N(C)S(C)(=O)=O)nc1C(C)C)O[Si](C)(C)C(C)(C)C.COC(=O)C[C@H](CC(=O)C[P+](c1ccccc1)(c1ccccc1)c1ccccc1)O[Si](C)(C)C(C)(C)C. The van der Waals surface area contributed by atoms with Gasteiger partial charge in [0.2, 0.25) is 31.9 Å². The molecule has 0 aliphatic heterocycles. The van der Waals surface area contributed by atoms with E-state index in [1.165, 1.54) is 82.9 Å². The first-order valence-corrected chi connectivity index (χ1v) is 44.8. The van der Waals surface area contributed by atoms with Crippen LogP contribution in [0.2, 0.25) is 36.3 Å². The van der Waals surface area contributed by atoms with Gasteiger partial charge in [-0.05, 0) is 145 Å². The summed E-state index contributed by atoms with van der Waals surface area (Å²) in [7, 11) is -8.69. The number of aldehydes is 1. The van der Waals surface area contributed by atoms with Crippen LogP contribution in [0.4, 0.5) is 20.7 Å². The van der Waals surface area contributed by atoms with Gasteiger partial charge in [0.1, 0.15) is 41.0 Å². The van der Waals surface area contributed by atoms with Crippen LogP contribution >= 0.6 is 7.26 Å². The van der Waals surface area contributed by atoms with Crippen LogP contribution in [-0.2, 0) is 57.6 Å². The zero-order valence-electron chi connectivity index (χ0n) is 62.4. The van der Waals surface area contributed by atoms with Crippen molar-refractivity contribution in [2.75, 3.05) is 55.6 Å². The first kappa shape index (κ1) is 87.5. The van der Waals surface area contributed by atoms with Crippen LogP contribution in [0.5, 0.6) is 0 Å². The number of allylic oxidation sites excluding steroid dienone is 1. The monoisotopic (exact) mass is 1510 g/mol. The largest absolute Gasteiger partial charge is 0.469 e.